The summed E-state index contributed by atoms with van der Waals surface area (Å²) in [6, 6.07) is 1.47. The molecule has 0 bridgehead atoms. The molecule has 0 aliphatic carbocycles. The number of hydrogen-bond acceptors (Lipinski definition) is 4. The monoisotopic (exact) mass is 345 g/mol. The lowest BCUT2D eigenvalue weighted by Crippen LogP contribution is -2.43. The van der Waals surface area contributed by atoms with Gasteiger partial charge >= 0.3 is 0 Å². The van der Waals surface area contributed by atoms with E-state index in [4.69, 9.17) is 4.74 Å². The zero-order valence-corrected chi connectivity index (χ0v) is 12.9. The number of morpholine rings is 1. The van der Waals surface area contributed by atoms with E-state index in [2.05, 4.69) is 15.5 Å². The minimum Gasteiger partial charge on any atom is -0.379 e. The molecule has 0 aromatic heterocycles. The van der Waals surface area contributed by atoms with Crippen LogP contribution in [-0.2, 0) is 9.53 Å². The van der Waals surface area contributed by atoms with Gasteiger partial charge in [-0.05, 0) is 12.1 Å². The number of halogens is 3. The van der Waals surface area contributed by atoms with Gasteiger partial charge in [0, 0.05) is 26.2 Å². The van der Waals surface area contributed by atoms with E-state index in [1.807, 2.05) is 0 Å². The molecule has 1 aliphatic rings. The van der Waals surface area contributed by atoms with Gasteiger partial charge in [-0.3, -0.25) is 14.5 Å². The molecule has 1 fully saturated rings. The highest BCUT2D eigenvalue weighted by atomic mass is 19.2. The lowest BCUT2D eigenvalue weighted by molar-refractivity contribution is -0.120. The van der Waals surface area contributed by atoms with Gasteiger partial charge in [-0.15, -0.1) is 0 Å². The van der Waals surface area contributed by atoms with Crippen molar-refractivity contribution < 1.29 is 27.5 Å². The first-order valence-electron chi connectivity index (χ1n) is 7.47. The summed E-state index contributed by atoms with van der Waals surface area (Å²) in [5.41, 5.74) is -0.657. The third-order valence-corrected chi connectivity index (χ3v) is 3.54. The maximum Gasteiger partial charge on any atom is 0.254 e. The first-order valence-corrected chi connectivity index (χ1v) is 7.47. The number of nitrogens with one attached hydrogen (secondary N) is 2. The van der Waals surface area contributed by atoms with Crippen molar-refractivity contribution in [1.29, 1.82) is 0 Å². The van der Waals surface area contributed by atoms with Gasteiger partial charge in [0.2, 0.25) is 5.91 Å². The Bertz CT molecular complexity index is 607. The quantitative estimate of drug-likeness (QED) is 0.727. The second-order valence-corrected chi connectivity index (χ2v) is 5.21. The van der Waals surface area contributed by atoms with Crippen molar-refractivity contribution in [2.45, 2.75) is 0 Å². The fourth-order valence-corrected chi connectivity index (χ4v) is 2.20. The molecule has 0 saturated carbocycles. The average molecular weight is 345 g/mol. The predicted molar refractivity (Wildman–Crippen MR) is 78.9 cm³/mol. The maximum absolute atomic E-state index is 13.5. The molecule has 0 unspecified atom stereocenters. The summed E-state index contributed by atoms with van der Waals surface area (Å²) in [5, 5.41) is 4.77. The van der Waals surface area contributed by atoms with Gasteiger partial charge in [-0.1, -0.05) is 0 Å². The van der Waals surface area contributed by atoms with Gasteiger partial charge in [0.05, 0.1) is 25.3 Å². The van der Waals surface area contributed by atoms with E-state index in [1.54, 1.807) is 0 Å². The Hall–Kier alpha value is -2.13. The van der Waals surface area contributed by atoms with Crippen LogP contribution in [-0.4, -0.2) is 62.7 Å². The number of carbonyl (C=O) groups excluding carboxylic acids is 2. The first-order chi connectivity index (χ1) is 11.5. The molecule has 24 heavy (non-hydrogen) atoms. The normalized spacial score (nSPS) is 15.1. The summed E-state index contributed by atoms with van der Waals surface area (Å²) in [7, 11) is 0. The van der Waals surface area contributed by atoms with Crippen LogP contribution in [0.4, 0.5) is 13.2 Å². The number of hydrogen-bond donors (Lipinski definition) is 2. The summed E-state index contributed by atoms with van der Waals surface area (Å²) in [5.74, 6) is -6.14. The molecule has 1 aromatic rings. The zero-order valence-electron chi connectivity index (χ0n) is 12.9. The molecule has 0 atom stereocenters. The lowest BCUT2D eigenvalue weighted by atomic mass is 10.2. The summed E-state index contributed by atoms with van der Waals surface area (Å²) >= 11 is 0. The largest absolute Gasteiger partial charge is 0.379 e. The van der Waals surface area contributed by atoms with Crippen LogP contribution in [0.25, 0.3) is 0 Å². The highest BCUT2D eigenvalue weighted by Crippen LogP contribution is 2.14. The van der Waals surface area contributed by atoms with Gasteiger partial charge in [0.25, 0.3) is 5.91 Å². The maximum atomic E-state index is 13.5. The third kappa shape index (κ3) is 4.93. The number of rotatable bonds is 6. The molecular formula is C15H18F3N3O3. The fourth-order valence-electron chi connectivity index (χ4n) is 2.20. The summed E-state index contributed by atoms with van der Waals surface area (Å²) < 4.78 is 44.5. The Morgan fingerprint density at radius 3 is 2.50 bits per heavy atom. The van der Waals surface area contributed by atoms with Crippen LogP contribution in [0.3, 0.4) is 0 Å². The number of carbonyl (C=O) groups is 2. The minimum atomic E-state index is -1.72. The molecule has 0 radical (unpaired) electrons. The van der Waals surface area contributed by atoms with Crippen molar-refractivity contribution >= 4 is 11.8 Å². The topological polar surface area (TPSA) is 70.7 Å². The second kappa shape index (κ2) is 8.65. The summed E-state index contributed by atoms with van der Waals surface area (Å²) in [6.07, 6.45) is 0. The van der Waals surface area contributed by atoms with Crippen molar-refractivity contribution in [3.05, 3.63) is 35.1 Å². The van der Waals surface area contributed by atoms with Crippen LogP contribution < -0.4 is 10.6 Å². The van der Waals surface area contributed by atoms with E-state index in [0.717, 1.165) is 19.2 Å². The van der Waals surface area contributed by atoms with Crippen LogP contribution in [0.2, 0.25) is 0 Å². The van der Waals surface area contributed by atoms with Gasteiger partial charge in [0.1, 0.15) is 0 Å². The van der Waals surface area contributed by atoms with Crippen LogP contribution >= 0.6 is 0 Å². The standard InChI is InChI=1S/C15H18F3N3O3/c16-11-2-1-10(13(17)14(11)18)15(23)20-9-12(22)19-3-4-21-5-7-24-8-6-21/h1-2H,3-9H2,(H,19,22)(H,20,23). The predicted octanol–water partition coefficient (Wildman–Crippen LogP) is 0.282. The molecule has 132 valence electrons. The molecule has 2 amide bonds. The average Bonchev–Trinajstić information content (AvgIpc) is 2.59. The summed E-state index contributed by atoms with van der Waals surface area (Å²) in [4.78, 5) is 25.5. The number of amides is 2. The number of ether oxygens (including phenoxy) is 1. The molecule has 1 aliphatic heterocycles. The number of nitrogens with zero attached hydrogens (tertiary/aromatic N) is 1. The van der Waals surface area contributed by atoms with Gasteiger partial charge in [-0.25, -0.2) is 13.2 Å². The molecule has 1 heterocycles. The molecule has 1 saturated heterocycles. The van der Waals surface area contributed by atoms with E-state index >= 15 is 0 Å². The Morgan fingerprint density at radius 1 is 1.08 bits per heavy atom. The van der Waals surface area contributed by atoms with E-state index in [0.29, 0.717) is 32.4 Å². The summed E-state index contributed by atoms with van der Waals surface area (Å²) in [6.45, 7) is 3.56. The lowest BCUT2D eigenvalue weighted by Gasteiger charge is -2.26. The van der Waals surface area contributed by atoms with E-state index in [9.17, 15) is 22.8 Å². The van der Waals surface area contributed by atoms with Gasteiger partial charge in [-0.2, -0.15) is 0 Å². The van der Waals surface area contributed by atoms with Crippen LogP contribution in [0.5, 0.6) is 0 Å². The number of benzene rings is 1. The van der Waals surface area contributed by atoms with Crippen LogP contribution in [0.1, 0.15) is 10.4 Å². The smallest absolute Gasteiger partial charge is 0.254 e. The highest BCUT2D eigenvalue weighted by molar-refractivity contribution is 5.96. The fraction of sp³-hybridized carbons (Fsp3) is 0.467. The van der Waals surface area contributed by atoms with Crippen molar-refractivity contribution in [2.75, 3.05) is 45.9 Å². The second-order valence-electron chi connectivity index (χ2n) is 5.21. The van der Waals surface area contributed by atoms with E-state index < -0.39 is 34.8 Å². The van der Waals surface area contributed by atoms with Crippen molar-refractivity contribution in [3.8, 4) is 0 Å². The van der Waals surface area contributed by atoms with Gasteiger partial charge < -0.3 is 15.4 Å². The SMILES string of the molecule is O=C(CNC(=O)c1ccc(F)c(F)c1F)NCCN1CCOCC1. The van der Waals surface area contributed by atoms with Crippen LogP contribution in [0.15, 0.2) is 12.1 Å². The van der Waals surface area contributed by atoms with E-state index in [1.165, 1.54) is 0 Å². The molecule has 2 N–H and O–H groups in total. The molecule has 1 aromatic carbocycles. The molecular weight excluding hydrogens is 327 g/mol. The van der Waals surface area contributed by atoms with Crippen molar-refractivity contribution in [3.63, 3.8) is 0 Å². The Balaban J connectivity index is 1.73. The molecule has 2 rings (SSSR count). The Kier molecular flexibility index (Phi) is 6.56. The first kappa shape index (κ1) is 18.2. The Labute approximate surface area is 137 Å². The molecule has 9 heteroatoms. The third-order valence-electron chi connectivity index (χ3n) is 3.54. The molecule has 6 nitrogen and oxygen atoms in total. The highest BCUT2D eigenvalue weighted by Gasteiger charge is 2.19. The zero-order chi connectivity index (χ0) is 17.5. The van der Waals surface area contributed by atoms with Gasteiger partial charge in [0.15, 0.2) is 17.5 Å². The van der Waals surface area contributed by atoms with E-state index in [-0.39, 0.29) is 6.54 Å². The van der Waals surface area contributed by atoms with Crippen molar-refractivity contribution in [2.24, 2.45) is 0 Å². The molecule has 0 spiro atoms. The van der Waals surface area contributed by atoms with Crippen LogP contribution in [0, 0.1) is 17.5 Å². The Morgan fingerprint density at radius 2 is 1.79 bits per heavy atom. The van der Waals surface area contributed by atoms with Crippen molar-refractivity contribution in [1.82, 2.24) is 15.5 Å². The minimum absolute atomic E-state index is 0.389.